The Hall–Kier alpha value is -3.61. The lowest BCUT2D eigenvalue weighted by Crippen LogP contribution is -2.30. The Kier molecular flexibility index (Phi) is 7.65. The van der Waals surface area contributed by atoms with Crippen LogP contribution >= 0.6 is 0 Å². The number of nitrogens with one attached hydrogen (secondary N) is 1. The summed E-state index contributed by atoms with van der Waals surface area (Å²) < 4.78 is 15.8. The molecule has 0 unspecified atom stereocenters. The number of nitrogens with zero attached hydrogens (tertiary/aromatic N) is 1. The monoisotopic (exact) mass is 436 g/mol. The number of amides is 1. The second kappa shape index (κ2) is 10.6. The maximum absolute atomic E-state index is 12.8. The number of aryl methyl sites for hydroxylation is 2. The average Bonchev–Trinajstić information content (AvgIpc) is 2.82. The third kappa shape index (κ3) is 5.17. The number of pyridine rings is 1. The van der Waals surface area contributed by atoms with E-state index >= 15 is 0 Å². The van der Waals surface area contributed by atoms with Crippen LogP contribution in [0.2, 0.25) is 0 Å². The average molecular weight is 437 g/mol. The first-order chi connectivity index (χ1) is 15.5. The van der Waals surface area contributed by atoms with E-state index in [9.17, 15) is 9.59 Å². The van der Waals surface area contributed by atoms with E-state index in [1.54, 1.807) is 14.2 Å². The Balaban J connectivity index is 1.57. The molecule has 0 aliphatic rings. The molecule has 1 N–H and O–H groups in total. The highest BCUT2D eigenvalue weighted by Crippen LogP contribution is 2.27. The zero-order valence-corrected chi connectivity index (χ0v) is 18.9. The Bertz CT molecular complexity index is 1130. The molecule has 1 amide bonds. The molecule has 3 rings (SSSR count). The van der Waals surface area contributed by atoms with Gasteiger partial charge in [0.25, 0.3) is 5.91 Å². The normalized spacial score (nSPS) is 10.6. The number of para-hydroxylation sites is 1. The lowest BCUT2D eigenvalue weighted by molar-refractivity contribution is -0.124. The van der Waals surface area contributed by atoms with Crippen LogP contribution in [0.4, 0.5) is 0 Å². The van der Waals surface area contributed by atoms with Gasteiger partial charge in [-0.15, -0.1) is 0 Å². The van der Waals surface area contributed by atoms with Crippen LogP contribution in [0, 0.1) is 6.92 Å². The number of fused-ring (bicyclic) bond motifs is 1. The van der Waals surface area contributed by atoms with Gasteiger partial charge in [-0.3, -0.25) is 9.78 Å². The van der Waals surface area contributed by atoms with Crippen molar-refractivity contribution in [1.29, 1.82) is 0 Å². The number of benzene rings is 2. The summed E-state index contributed by atoms with van der Waals surface area (Å²) in [7, 11) is 3.16. The SMILES string of the molecule is CCc1nc2ccccc2c(C)c1C(=O)OCC(=O)NCCc1ccc(OC)c(OC)c1. The first-order valence-electron chi connectivity index (χ1n) is 10.5. The van der Waals surface area contributed by atoms with Crippen LogP contribution in [0.5, 0.6) is 11.5 Å². The molecule has 1 heterocycles. The summed E-state index contributed by atoms with van der Waals surface area (Å²) >= 11 is 0. The van der Waals surface area contributed by atoms with Crippen LogP contribution in [0.3, 0.4) is 0 Å². The quantitative estimate of drug-likeness (QED) is 0.516. The molecule has 7 heteroatoms. The van der Waals surface area contributed by atoms with Crippen LogP contribution in [0.1, 0.15) is 34.1 Å². The van der Waals surface area contributed by atoms with E-state index in [0.717, 1.165) is 22.0 Å². The largest absolute Gasteiger partial charge is 0.493 e. The van der Waals surface area contributed by atoms with Gasteiger partial charge in [0.15, 0.2) is 18.1 Å². The van der Waals surface area contributed by atoms with Crippen LogP contribution in [0.25, 0.3) is 10.9 Å². The van der Waals surface area contributed by atoms with Crippen LogP contribution in [0.15, 0.2) is 42.5 Å². The number of esters is 1. The fourth-order valence-corrected chi connectivity index (χ4v) is 3.60. The zero-order valence-electron chi connectivity index (χ0n) is 18.9. The smallest absolute Gasteiger partial charge is 0.340 e. The summed E-state index contributed by atoms with van der Waals surface area (Å²) in [6.45, 7) is 3.87. The van der Waals surface area contributed by atoms with Gasteiger partial charge in [-0.25, -0.2) is 4.79 Å². The first-order valence-corrected chi connectivity index (χ1v) is 10.5. The predicted octanol–water partition coefficient (Wildman–Crippen LogP) is 3.64. The fourth-order valence-electron chi connectivity index (χ4n) is 3.60. The molecule has 1 aromatic heterocycles. The van der Waals surface area contributed by atoms with E-state index in [1.807, 2.05) is 56.3 Å². The minimum absolute atomic E-state index is 0.347. The minimum atomic E-state index is -0.535. The number of methoxy groups -OCH3 is 2. The summed E-state index contributed by atoms with van der Waals surface area (Å²) in [6.07, 6.45) is 1.20. The van der Waals surface area contributed by atoms with Crippen molar-refractivity contribution in [3.63, 3.8) is 0 Å². The minimum Gasteiger partial charge on any atom is -0.493 e. The number of ether oxygens (including phenoxy) is 3. The fraction of sp³-hybridized carbons (Fsp3) is 0.320. The molecule has 0 radical (unpaired) electrons. The molecule has 0 aliphatic heterocycles. The van der Waals surface area contributed by atoms with Crippen molar-refractivity contribution < 1.29 is 23.8 Å². The highest BCUT2D eigenvalue weighted by atomic mass is 16.5. The predicted molar refractivity (Wildman–Crippen MR) is 122 cm³/mol. The number of aromatic nitrogens is 1. The van der Waals surface area contributed by atoms with Gasteiger partial charge in [0.2, 0.25) is 0 Å². The molecular formula is C25H28N2O5. The summed E-state index contributed by atoms with van der Waals surface area (Å²) in [4.78, 5) is 29.5. The van der Waals surface area contributed by atoms with Crippen molar-refractivity contribution in [2.45, 2.75) is 26.7 Å². The third-order valence-electron chi connectivity index (χ3n) is 5.28. The van der Waals surface area contributed by atoms with Crippen molar-refractivity contribution >= 4 is 22.8 Å². The molecule has 0 spiro atoms. The van der Waals surface area contributed by atoms with Crippen molar-refractivity contribution in [2.75, 3.05) is 27.4 Å². The molecule has 2 aromatic carbocycles. The van der Waals surface area contributed by atoms with Crippen LogP contribution < -0.4 is 14.8 Å². The molecule has 0 aliphatic carbocycles. The molecule has 7 nitrogen and oxygen atoms in total. The van der Waals surface area contributed by atoms with E-state index in [1.165, 1.54) is 0 Å². The number of rotatable bonds is 9. The number of hydrogen-bond donors (Lipinski definition) is 1. The maximum atomic E-state index is 12.8. The van der Waals surface area contributed by atoms with E-state index in [4.69, 9.17) is 14.2 Å². The maximum Gasteiger partial charge on any atom is 0.340 e. The molecule has 0 bridgehead atoms. The molecular weight excluding hydrogens is 408 g/mol. The number of carbonyl (C=O) groups excluding carboxylic acids is 2. The third-order valence-corrected chi connectivity index (χ3v) is 5.28. The van der Waals surface area contributed by atoms with Crippen molar-refractivity contribution in [3.05, 3.63) is 64.8 Å². The van der Waals surface area contributed by atoms with Gasteiger partial charge >= 0.3 is 5.97 Å². The molecule has 0 fully saturated rings. The Morgan fingerprint density at radius 2 is 1.78 bits per heavy atom. The standard InChI is InChI=1S/C25H28N2O5/c1-5-19-24(16(2)18-8-6-7-9-20(18)27-19)25(29)32-15-23(28)26-13-12-17-10-11-21(30-3)22(14-17)31-4/h6-11,14H,5,12-13,15H2,1-4H3,(H,26,28). The number of carbonyl (C=O) groups is 2. The van der Waals surface area contributed by atoms with Gasteiger partial charge in [0, 0.05) is 11.9 Å². The second-order valence-corrected chi connectivity index (χ2v) is 7.29. The number of hydrogen-bond acceptors (Lipinski definition) is 6. The highest BCUT2D eigenvalue weighted by molar-refractivity contribution is 5.99. The molecule has 3 aromatic rings. The summed E-state index contributed by atoms with van der Waals surface area (Å²) in [6, 6.07) is 13.3. The van der Waals surface area contributed by atoms with E-state index < -0.39 is 5.97 Å². The van der Waals surface area contributed by atoms with E-state index in [2.05, 4.69) is 10.3 Å². The first kappa shape index (κ1) is 23.1. The topological polar surface area (TPSA) is 86.8 Å². The Labute approximate surface area is 187 Å². The molecule has 32 heavy (non-hydrogen) atoms. The molecule has 0 saturated heterocycles. The van der Waals surface area contributed by atoms with Gasteiger partial charge in [0.05, 0.1) is 31.0 Å². The van der Waals surface area contributed by atoms with Crippen molar-refractivity contribution in [3.8, 4) is 11.5 Å². The molecule has 0 atom stereocenters. The second-order valence-electron chi connectivity index (χ2n) is 7.29. The van der Waals surface area contributed by atoms with Gasteiger partial charge in [-0.2, -0.15) is 0 Å². The zero-order chi connectivity index (χ0) is 23.1. The van der Waals surface area contributed by atoms with Gasteiger partial charge in [0.1, 0.15) is 0 Å². The van der Waals surface area contributed by atoms with E-state index in [0.29, 0.717) is 42.1 Å². The summed E-state index contributed by atoms with van der Waals surface area (Å²) in [5.74, 6) is 0.393. The molecule has 0 saturated carbocycles. The summed E-state index contributed by atoms with van der Waals surface area (Å²) in [5.41, 5.74) is 3.74. The van der Waals surface area contributed by atoms with Gasteiger partial charge < -0.3 is 19.5 Å². The van der Waals surface area contributed by atoms with E-state index in [-0.39, 0.29) is 12.5 Å². The lowest BCUT2D eigenvalue weighted by Gasteiger charge is -2.13. The van der Waals surface area contributed by atoms with Gasteiger partial charge in [-0.1, -0.05) is 31.2 Å². The van der Waals surface area contributed by atoms with Crippen LogP contribution in [-0.2, 0) is 22.4 Å². The Morgan fingerprint density at radius 1 is 1.03 bits per heavy atom. The highest BCUT2D eigenvalue weighted by Gasteiger charge is 2.20. The summed E-state index contributed by atoms with van der Waals surface area (Å²) in [5, 5.41) is 3.67. The van der Waals surface area contributed by atoms with Crippen LogP contribution in [-0.4, -0.2) is 44.2 Å². The lowest BCUT2D eigenvalue weighted by atomic mass is 10.0. The van der Waals surface area contributed by atoms with Crippen molar-refractivity contribution in [2.24, 2.45) is 0 Å². The molecule has 168 valence electrons. The van der Waals surface area contributed by atoms with Crippen molar-refractivity contribution in [1.82, 2.24) is 10.3 Å². The Morgan fingerprint density at radius 3 is 2.50 bits per heavy atom. The van der Waals surface area contributed by atoms with Gasteiger partial charge in [-0.05, 0) is 49.1 Å².